The lowest BCUT2D eigenvalue weighted by Gasteiger charge is -2.56. The van der Waals surface area contributed by atoms with Crippen LogP contribution in [0.1, 0.15) is 61.7 Å². The maximum Gasteiger partial charge on any atom is 0.253 e. The first-order valence-corrected chi connectivity index (χ1v) is 10.4. The Morgan fingerprint density at radius 2 is 1.74 bits per heavy atom. The van der Waals surface area contributed by atoms with E-state index in [9.17, 15) is 9.59 Å². The fourth-order valence-corrected chi connectivity index (χ4v) is 6.32. The lowest BCUT2D eigenvalue weighted by Crippen LogP contribution is -2.59. The Morgan fingerprint density at radius 1 is 1.04 bits per heavy atom. The van der Waals surface area contributed by atoms with Gasteiger partial charge in [0.05, 0.1) is 0 Å². The molecule has 1 aromatic carbocycles. The third kappa shape index (κ3) is 3.38. The minimum atomic E-state index is -0.366. The molecule has 2 N–H and O–H groups in total. The zero-order chi connectivity index (χ0) is 18.4. The summed E-state index contributed by atoms with van der Waals surface area (Å²) < 4.78 is 5.43. The first kappa shape index (κ1) is 17.2. The Bertz CT molecular complexity index is 718. The SMILES string of the molecule is O=C(NC12CC3CC(CC(C3)C1)C2)c1cccc(NC(=O)C2CCCO2)c1. The smallest absolute Gasteiger partial charge is 0.253 e. The highest BCUT2D eigenvalue weighted by Crippen LogP contribution is 2.55. The molecule has 2 amide bonds. The van der Waals surface area contributed by atoms with Gasteiger partial charge in [-0.2, -0.15) is 0 Å². The second kappa shape index (κ2) is 6.62. The molecule has 4 bridgehead atoms. The minimum Gasteiger partial charge on any atom is -0.368 e. The Labute approximate surface area is 160 Å². The van der Waals surface area contributed by atoms with Crippen molar-refractivity contribution in [1.29, 1.82) is 0 Å². The predicted octanol–water partition coefficient (Wildman–Crippen LogP) is 3.50. The first-order chi connectivity index (χ1) is 13.1. The van der Waals surface area contributed by atoms with Gasteiger partial charge in [0.1, 0.15) is 6.10 Å². The van der Waals surface area contributed by atoms with Gasteiger partial charge in [-0.1, -0.05) is 6.07 Å². The molecule has 1 aliphatic heterocycles. The zero-order valence-electron chi connectivity index (χ0n) is 15.7. The number of hydrogen-bond acceptors (Lipinski definition) is 3. The second-order valence-electron chi connectivity index (χ2n) is 9.22. The number of hydrogen-bond donors (Lipinski definition) is 2. The van der Waals surface area contributed by atoms with Gasteiger partial charge in [0.2, 0.25) is 0 Å². The van der Waals surface area contributed by atoms with Crippen LogP contribution in [-0.2, 0) is 9.53 Å². The topological polar surface area (TPSA) is 67.4 Å². The van der Waals surface area contributed by atoms with Crippen LogP contribution in [0.25, 0.3) is 0 Å². The summed E-state index contributed by atoms with van der Waals surface area (Å²) in [5.41, 5.74) is 1.28. The van der Waals surface area contributed by atoms with Gasteiger partial charge in [-0.15, -0.1) is 0 Å². The minimum absolute atomic E-state index is 0.00275. The summed E-state index contributed by atoms with van der Waals surface area (Å²) >= 11 is 0. The largest absolute Gasteiger partial charge is 0.368 e. The molecule has 0 spiro atoms. The summed E-state index contributed by atoms with van der Waals surface area (Å²) in [6, 6.07) is 7.27. The van der Waals surface area contributed by atoms with Crippen LogP contribution in [0.4, 0.5) is 5.69 Å². The number of carbonyl (C=O) groups excluding carboxylic acids is 2. The van der Waals surface area contributed by atoms with Crippen LogP contribution in [0.2, 0.25) is 0 Å². The highest BCUT2D eigenvalue weighted by atomic mass is 16.5. The average Bonchev–Trinajstić information content (AvgIpc) is 3.15. The van der Waals surface area contributed by atoms with E-state index >= 15 is 0 Å². The summed E-state index contributed by atoms with van der Waals surface area (Å²) in [6.07, 6.45) is 8.82. The van der Waals surface area contributed by atoms with Gasteiger partial charge in [-0.25, -0.2) is 0 Å². The van der Waals surface area contributed by atoms with E-state index in [-0.39, 0.29) is 23.5 Å². The molecule has 6 rings (SSSR count). The van der Waals surface area contributed by atoms with Crippen molar-refractivity contribution in [2.75, 3.05) is 11.9 Å². The van der Waals surface area contributed by atoms with Crippen LogP contribution in [0.3, 0.4) is 0 Å². The molecule has 1 aromatic rings. The highest BCUT2D eigenvalue weighted by molar-refractivity contribution is 5.98. The Hall–Kier alpha value is -1.88. The van der Waals surface area contributed by atoms with Crippen molar-refractivity contribution in [3.05, 3.63) is 29.8 Å². The van der Waals surface area contributed by atoms with E-state index in [2.05, 4.69) is 10.6 Å². The summed E-state index contributed by atoms with van der Waals surface area (Å²) in [5, 5.41) is 6.29. The molecule has 4 saturated carbocycles. The lowest BCUT2D eigenvalue weighted by atomic mass is 9.53. The number of carbonyl (C=O) groups is 2. The third-order valence-electron chi connectivity index (χ3n) is 7.03. The van der Waals surface area contributed by atoms with Crippen molar-refractivity contribution >= 4 is 17.5 Å². The van der Waals surface area contributed by atoms with Gasteiger partial charge < -0.3 is 15.4 Å². The summed E-state index contributed by atoms with van der Waals surface area (Å²) in [7, 11) is 0. The number of anilines is 1. The quantitative estimate of drug-likeness (QED) is 0.855. The van der Waals surface area contributed by atoms with Crippen LogP contribution in [0, 0.1) is 17.8 Å². The van der Waals surface area contributed by atoms with Crippen LogP contribution in [0.5, 0.6) is 0 Å². The molecule has 5 fully saturated rings. The van der Waals surface area contributed by atoms with E-state index in [1.165, 1.54) is 19.3 Å². The Balaban J connectivity index is 1.27. The van der Waals surface area contributed by atoms with Gasteiger partial charge in [0.15, 0.2) is 0 Å². The lowest BCUT2D eigenvalue weighted by molar-refractivity contribution is -0.124. The molecular weight excluding hydrogens is 340 g/mol. The van der Waals surface area contributed by atoms with E-state index in [1.54, 1.807) is 6.07 Å². The molecule has 1 atom stereocenters. The summed E-state index contributed by atoms with van der Waals surface area (Å²) in [5.74, 6) is 2.27. The Kier molecular flexibility index (Phi) is 4.23. The first-order valence-electron chi connectivity index (χ1n) is 10.4. The molecule has 144 valence electrons. The van der Waals surface area contributed by atoms with Gasteiger partial charge >= 0.3 is 0 Å². The maximum absolute atomic E-state index is 13.0. The number of amides is 2. The molecule has 1 unspecified atom stereocenters. The normalized spacial score (nSPS) is 36.6. The number of nitrogens with one attached hydrogen (secondary N) is 2. The highest BCUT2D eigenvalue weighted by Gasteiger charge is 2.51. The average molecular weight is 368 g/mol. The number of rotatable bonds is 4. The Morgan fingerprint density at radius 3 is 2.37 bits per heavy atom. The maximum atomic E-state index is 13.0. The van der Waals surface area contributed by atoms with Gasteiger partial charge in [-0.05, 0) is 87.3 Å². The molecule has 1 saturated heterocycles. The molecule has 5 aliphatic rings. The van der Waals surface area contributed by atoms with E-state index in [0.29, 0.717) is 17.9 Å². The summed E-state index contributed by atoms with van der Waals surface area (Å²) in [4.78, 5) is 25.2. The van der Waals surface area contributed by atoms with E-state index in [0.717, 1.165) is 49.9 Å². The van der Waals surface area contributed by atoms with Crippen molar-refractivity contribution in [2.45, 2.75) is 63.0 Å². The van der Waals surface area contributed by atoms with Gasteiger partial charge in [-0.3, -0.25) is 9.59 Å². The molecule has 0 aromatic heterocycles. The molecular formula is C22H28N2O3. The molecule has 5 nitrogen and oxygen atoms in total. The number of ether oxygens (including phenoxy) is 1. The van der Waals surface area contributed by atoms with Gasteiger partial charge in [0, 0.05) is 23.4 Å². The number of benzene rings is 1. The van der Waals surface area contributed by atoms with Crippen LogP contribution >= 0.6 is 0 Å². The van der Waals surface area contributed by atoms with Crippen molar-refractivity contribution in [3.63, 3.8) is 0 Å². The van der Waals surface area contributed by atoms with Crippen molar-refractivity contribution in [2.24, 2.45) is 17.8 Å². The van der Waals surface area contributed by atoms with Crippen LogP contribution < -0.4 is 10.6 Å². The van der Waals surface area contributed by atoms with Gasteiger partial charge in [0.25, 0.3) is 11.8 Å². The standard InChI is InChI=1S/C22H28N2O3/c25-20(24-22-11-14-7-15(12-22)9-16(8-14)13-22)17-3-1-4-18(10-17)23-21(26)19-5-2-6-27-19/h1,3-4,10,14-16,19H,2,5-9,11-13H2,(H,23,26)(H,24,25). The predicted molar refractivity (Wildman–Crippen MR) is 102 cm³/mol. The molecule has 4 aliphatic carbocycles. The zero-order valence-corrected chi connectivity index (χ0v) is 15.7. The molecule has 1 heterocycles. The van der Waals surface area contributed by atoms with Crippen molar-refractivity contribution in [1.82, 2.24) is 5.32 Å². The van der Waals surface area contributed by atoms with Crippen LogP contribution in [0.15, 0.2) is 24.3 Å². The molecule has 5 heteroatoms. The molecule has 0 radical (unpaired) electrons. The third-order valence-corrected chi connectivity index (χ3v) is 7.03. The van der Waals surface area contributed by atoms with Crippen molar-refractivity contribution < 1.29 is 14.3 Å². The van der Waals surface area contributed by atoms with E-state index in [4.69, 9.17) is 4.74 Å². The van der Waals surface area contributed by atoms with Crippen LogP contribution in [-0.4, -0.2) is 30.1 Å². The fraction of sp³-hybridized carbons (Fsp3) is 0.636. The molecule has 27 heavy (non-hydrogen) atoms. The fourth-order valence-electron chi connectivity index (χ4n) is 6.32. The van der Waals surface area contributed by atoms with Crippen molar-refractivity contribution in [3.8, 4) is 0 Å². The second-order valence-corrected chi connectivity index (χ2v) is 9.22. The monoisotopic (exact) mass is 368 g/mol. The van der Waals surface area contributed by atoms with E-state index in [1.807, 2.05) is 18.2 Å². The van der Waals surface area contributed by atoms with E-state index < -0.39 is 0 Å². The summed E-state index contributed by atoms with van der Waals surface area (Å²) in [6.45, 7) is 0.644.